The van der Waals surface area contributed by atoms with E-state index in [2.05, 4.69) is 5.32 Å². The van der Waals surface area contributed by atoms with E-state index < -0.39 is 5.92 Å². The first-order valence-corrected chi connectivity index (χ1v) is 9.40. The molecule has 1 atom stereocenters. The number of nitrogens with zero attached hydrogens (tertiary/aromatic N) is 1. The summed E-state index contributed by atoms with van der Waals surface area (Å²) in [5.74, 6) is 0.200. The fraction of sp³-hybridized carbons (Fsp3) is 0.318. The van der Waals surface area contributed by atoms with Crippen molar-refractivity contribution in [2.24, 2.45) is 5.92 Å². The molecule has 3 rings (SSSR count). The highest BCUT2D eigenvalue weighted by molar-refractivity contribution is 6.04. The largest absolute Gasteiger partial charge is 0.493 e. The molecule has 0 saturated carbocycles. The summed E-state index contributed by atoms with van der Waals surface area (Å²) in [6, 6.07) is 10.1. The van der Waals surface area contributed by atoms with Crippen LogP contribution in [-0.2, 0) is 9.59 Å². The molecular weight excluding hydrogens is 388 g/mol. The first-order valence-electron chi connectivity index (χ1n) is 9.40. The predicted molar refractivity (Wildman–Crippen MR) is 112 cm³/mol. The fourth-order valence-electron chi connectivity index (χ4n) is 3.42. The smallest absolute Gasteiger partial charge is 0.229 e. The van der Waals surface area contributed by atoms with E-state index in [1.54, 1.807) is 36.4 Å². The van der Waals surface area contributed by atoms with Crippen molar-refractivity contribution in [2.45, 2.75) is 13.3 Å². The third-order valence-corrected chi connectivity index (χ3v) is 4.99. The highest BCUT2D eigenvalue weighted by Crippen LogP contribution is 2.42. The van der Waals surface area contributed by atoms with Gasteiger partial charge in [-0.3, -0.25) is 14.4 Å². The minimum Gasteiger partial charge on any atom is -0.493 e. The van der Waals surface area contributed by atoms with Gasteiger partial charge in [0.05, 0.1) is 32.9 Å². The fourth-order valence-corrected chi connectivity index (χ4v) is 3.42. The van der Waals surface area contributed by atoms with Gasteiger partial charge in [-0.25, -0.2) is 0 Å². The summed E-state index contributed by atoms with van der Waals surface area (Å²) >= 11 is 0. The molecule has 0 aromatic heterocycles. The molecule has 1 fully saturated rings. The molecule has 158 valence electrons. The van der Waals surface area contributed by atoms with Crippen molar-refractivity contribution in [3.63, 3.8) is 0 Å². The topological polar surface area (TPSA) is 94.2 Å². The molecule has 2 aromatic rings. The second-order valence-corrected chi connectivity index (χ2v) is 6.92. The summed E-state index contributed by atoms with van der Waals surface area (Å²) in [7, 11) is 4.50. The number of rotatable bonds is 7. The number of Topliss-reactive ketones (excluding diaryl/α,β-unsaturated/α-hetero) is 1. The molecule has 1 heterocycles. The normalized spacial score (nSPS) is 15.7. The van der Waals surface area contributed by atoms with E-state index >= 15 is 0 Å². The molecule has 30 heavy (non-hydrogen) atoms. The van der Waals surface area contributed by atoms with Crippen molar-refractivity contribution in [3.05, 3.63) is 42.0 Å². The number of anilines is 2. The maximum absolute atomic E-state index is 12.7. The van der Waals surface area contributed by atoms with Crippen LogP contribution < -0.4 is 24.4 Å². The number of hydrogen-bond acceptors (Lipinski definition) is 6. The molecule has 8 heteroatoms. The number of carbonyl (C=O) groups excluding carboxylic acids is 3. The number of carbonyl (C=O) groups is 3. The van der Waals surface area contributed by atoms with E-state index in [4.69, 9.17) is 14.2 Å². The second-order valence-electron chi connectivity index (χ2n) is 6.92. The Labute approximate surface area is 174 Å². The highest BCUT2D eigenvalue weighted by Gasteiger charge is 2.36. The van der Waals surface area contributed by atoms with Crippen LogP contribution in [0.25, 0.3) is 0 Å². The monoisotopic (exact) mass is 412 g/mol. The first kappa shape index (κ1) is 21.2. The Morgan fingerprint density at radius 3 is 2.27 bits per heavy atom. The average molecular weight is 412 g/mol. The molecule has 0 radical (unpaired) electrons. The van der Waals surface area contributed by atoms with Gasteiger partial charge in [0, 0.05) is 36.3 Å². The third-order valence-electron chi connectivity index (χ3n) is 4.99. The highest BCUT2D eigenvalue weighted by atomic mass is 16.5. The zero-order valence-electron chi connectivity index (χ0n) is 17.4. The number of hydrogen-bond donors (Lipinski definition) is 1. The van der Waals surface area contributed by atoms with Gasteiger partial charge in [-0.1, -0.05) is 12.1 Å². The lowest BCUT2D eigenvalue weighted by molar-refractivity contribution is -0.122. The number of amides is 2. The zero-order chi connectivity index (χ0) is 21.8. The maximum atomic E-state index is 12.7. The van der Waals surface area contributed by atoms with Crippen LogP contribution in [0.1, 0.15) is 23.7 Å². The van der Waals surface area contributed by atoms with Gasteiger partial charge in [0.15, 0.2) is 17.3 Å². The van der Waals surface area contributed by atoms with Gasteiger partial charge in [0.1, 0.15) is 0 Å². The van der Waals surface area contributed by atoms with E-state index in [1.807, 2.05) is 0 Å². The number of ether oxygens (including phenoxy) is 3. The zero-order valence-corrected chi connectivity index (χ0v) is 17.4. The van der Waals surface area contributed by atoms with Crippen LogP contribution >= 0.6 is 0 Å². The molecule has 2 amide bonds. The van der Waals surface area contributed by atoms with Crippen LogP contribution in [-0.4, -0.2) is 45.5 Å². The van der Waals surface area contributed by atoms with Crippen molar-refractivity contribution in [2.75, 3.05) is 38.1 Å². The Balaban J connectivity index is 1.79. The molecule has 8 nitrogen and oxygen atoms in total. The van der Waals surface area contributed by atoms with Crippen LogP contribution in [0, 0.1) is 5.92 Å². The van der Waals surface area contributed by atoms with Crippen molar-refractivity contribution >= 4 is 29.0 Å². The minimum atomic E-state index is -0.530. The summed E-state index contributed by atoms with van der Waals surface area (Å²) in [5, 5.41) is 2.80. The molecule has 0 spiro atoms. The van der Waals surface area contributed by atoms with E-state index in [9.17, 15) is 14.4 Å². The van der Waals surface area contributed by atoms with Crippen molar-refractivity contribution < 1.29 is 28.6 Å². The molecule has 1 N–H and O–H groups in total. The molecule has 0 unspecified atom stereocenters. The number of benzene rings is 2. The summed E-state index contributed by atoms with van der Waals surface area (Å²) in [6.45, 7) is 1.68. The van der Waals surface area contributed by atoms with E-state index in [0.717, 1.165) is 0 Å². The van der Waals surface area contributed by atoms with Crippen LogP contribution in [0.2, 0.25) is 0 Å². The average Bonchev–Trinajstić information content (AvgIpc) is 3.14. The maximum Gasteiger partial charge on any atom is 0.229 e. The molecule has 1 saturated heterocycles. The molecule has 2 aromatic carbocycles. The first-order chi connectivity index (χ1) is 14.4. The van der Waals surface area contributed by atoms with Gasteiger partial charge in [-0.2, -0.15) is 0 Å². The summed E-state index contributed by atoms with van der Waals surface area (Å²) in [4.78, 5) is 38.4. The van der Waals surface area contributed by atoms with E-state index in [1.165, 1.54) is 33.2 Å². The van der Waals surface area contributed by atoms with Gasteiger partial charge in [0.2, 0.25) is 17.6 Å². The van der Waals surface area contributed by atoms with Crippen LogP contribution in [0.5, 0.6) is 17.2 Å². The molecule has 0 bridgehead atoms. The molecular formula is C22H24N2O6. The lowest BCUT2D eigenvalue weighted by Crippen LogP contribution is -2.28. The Bertz CT molecular complexity index is 962. The third kappa shape index (κ3) is 4.22. The van der Waals surface area contributed by atoms with Gasteiger partial charge < -0.3 is 24.4 Å². The number of ketones is 1. The molecule has 0 aliphatic carbocycles. The van der Waals surface area contributed by atoms with Crippen molar-refractivity contribution in [1.29, 1.82) is 0 Å². The molecule has 1 aliphatic heterocycles. The Hall–Kier alpha value is -3.55. The second kappa shape index (κ2) is 8.86. The van der Waals surface area contributed by atoms with Crippen molar-refractivity contribution in [1.82, 2.24) is 0 Å². The lowest BCUT2D eigenvalue weighted by Gasteiger charge is -2.20. The summed E-state index contributed by atoms with van der Waals surface area (Å²) < 4.78 is 16.0. The van der Waals surface area contributed by atoms with Gasteiger partial charge in [-0.15, -0.1) is 0 Å². The van der Waals surface area contributed by atoms with Crippen LogP contribution in [0.15, 0.2) is 36.4 Å². The van der Waals surface area contributed by atoms with E-state index in [-0.39, 0.29) is 30.6 Å². The quantitative estimate of drug-likeness (QED) is 0.703. The predicted octanol–water partition coefficient (Wildman–Crippen LogP) is 2.91. The number of nitrogens with one attached hydrogen (secondary N) is 1. The Morgan fingerprint density at radius 1 is 1.03 bits per heavy atom. The van der Waals surface area contributed by atoms with Crippen LogP contribution in [0.3, 0.4) is 0 Å². The SMILES string of the molecule is COc1cc(N2C[C@H](C(=O)Nc3cccc(C(C)=O)c3)CC2=O)cc(OC)c1OC. The summed E-state index contributed by atoms with van der Waals surface area (Å²) in [5.41, 5.74) is 1.59. The standard InChI is InChI=1S/C22H24N2O6/c1-13(25)14-6-5-7-16(8-14)23-22(27)15-9-20(26)24(12-15)17-10-18(28-2)21(30-4)19(11-17)29-3/h5-8,10-11,15H,9,12H2,1-4H3,(H,23,27)/t15-/m1/s1. The Kier molecular flexibility index (Phi) is 6.25. The Morgan fingerprint density at radius 2 is 1.70 bits per heavy atom. The number of methoxy groups -OCH3 is 3. The minimum absolute atomic E-state index is 0.0783. The van der Waals surface area contributed by atoms with Gasteiger partial charge >= 0.3 is 0 Å². The molecule has 1 aliphatic rings. The van der Waals surface area contributed by atoms with Gasteiger partial charge in [0.25, 0.3) is 0 Å². The van der Waals surface area contributed by atoms with Crippen LogP contribution in [0.4, 0.5) is 11.4 Å². The van der Waals surface area contributed by atoms with Gasteiger partial charge in [-0.05, 0) is 19.1 Å². The van der Waals surface area contributed by atoms with E-state index in [0.29, 0.717) is 34.2 Å². The summed E-state index contributed by atoms with van der Waals surface area (Å²) in [6.07, 6.45) is 0.0783. The lowest BCUT2D eigenvalue weighted by atomic mass is 10.1. The van der Waals surface area contributed by atoms with Crippen molar-refractivity contribution in [3.8, 4) is 17.2 Å².